The number of carbonyl (C=O) groups is 1. The molecule has 1 rings (SSSR count). The van der Waals surface area contributed by atoms with E-state index in [1.54, 1.807) is 11.8 Å². The molecule has 0 aliphatic heterocycles. The largest absolute Gasteiger partial charge is 0.325 e. The highest BCUT2D eigenvalue weighted by Crippen LogP contribution is 2.23. The van der Waals surface area contributed by atoms with Crippen LogP contribution in [0, 0.1) is 3.57 Å². The Bertz CT molecular complexity index is 356. The number of hydrogen-bond donors (Lipinski definition) is 1. The molecule has 4 heteroatoms. The van der Waals surface area contributed by atoms with Gasteiger partial charge in [-0.05, 0) is 46.9 Å². The smallest absolute Gasteiger partial charge is 0.234 e. The van der Waals surface area contributed by atoms with Crippen LogP contribution in [-0.4, -0.2) is 16.4 Å². The molecule has 16 heavy (non-hydrogen) atoms. The first-order valence-electron chi connectivity index (χ1n) is 5.06. The Labute approximate surface area is 115 Å². The summed E-state index contributed by atoms with van der Waals surface area (Å²) < 4.78 is 1.29. The van der Waals surface area contributed by atoms with Crippen LogP contribution in [0.15, 0.2) is 24.3 Å². The average molecular weight is 349 g/mol. The fourth-order valence-corrected chi connectivity index (χ4v) is 2.01. The molecule has 0 atom stereocenters. The molecule has 1 aromatic carbocycles. The van der Waals surface area contributed by atoms with E-state index in [4.69, 9.17) is 0 Å². The third-order valence-electron chi connectivity index (χ3n) is 1.76. The zero-order chi connectivity index (χ0) is 12.2. The molecule has 88 valence electrons. The lowest BCUT2D eigenvalue weighted by atomic mass is 10.3. The van der Waals surface area contributed by atoms with Gasteiger partial charge in [0, 0.05) is 14.0 Å². The Hall–Kier alpha value is -0.230. The SMILES string of the molecule is CC(C)(C)SCC(=O)Nc1ccc(I)cc1. The average Bonchev–Trinajstić information content (AvgIpc) is 2.18. The highest BCUT2D eigenvalue weighted by atomic mass is 127. The van der Waals surface area contributed by atoms with Crippen molar-refractivity contribution >= 4 is 45.9 Å². The fourth-order valence-electron chi connectivity index (χ4n) is 1.01. The second-order valence-electron chi connectivity index (χ2n) is 4.46. The molecule has 0 aromatic heterocycles. The summed E-state index contributed by atoms with van der Waals surface area (Å²) in [5.74, 6) is 0.552. The molecule has 0 spiro atoms. The van der Waals surface area contributed by atoms with Crippen molar-refractivity contribution in [2.75, 3.05) is 11.1 Å². The van der Waals surface area contributed by atoms with E-state index in [9.17, 15) is 4.79 Å². The first-order valence-corrected chi connectivity index (χ1v) is 7.13. The number of anilines is 1. The van der Waals surface area contributed by atoms with E-state index >= 15 is 0 Å². The van der Waals surface area contributed by atoms with Gasteiger partial charge in [0.25, 0.3) is 0 Å². The Balaban J connectivity index is 2.43. The van der Waals surface area contributed by atoms with Gasteiger partial charge in [-0.25, -0.2) is 0 Å². The summed E-state index contributed by atoms with van der Waals surface area (Å²) >= 11 is 3.89. The molecular weight excluding hydrogens is 333 g/mol. The van der Waals surface area contributed by atoms with Crippen LogP contribution in [0.1, 0.15) is 20.8 Å². The van der Waals surface area contributed by atoms with Gasteiger partial charge >= 0.3 is 0 Å². The second kappa shape index (κ2) is 5.91. The minimum Gasteiger partial charge on any atom is -0.325 e. The molecule has 1 N–H and O–H groups in total. The monoisotopic (exact) mass is 349 g/mol. The molecule has 0 saturated carbocycles. The van der Waals surface area contributed by atoms with Crippen LogP contribution in [-0.2, 0) is 4.79 Å². The van der Waals surface area contributed by atoms with Crippen LogP contribution in [0.25, 0.3) is 0 Å². The lowest BCUT2D eigenvalue weighted by Crippen LogP contribution is -2.18. The van der Waals surface area contributed by atoms with E-state index in [0.29, 0.717) is 5.75 Å². The fraction of sp³-hybridized carbons (Fsp3) is 0.417. The minimum atomic E-state index is 0.0566. The number of rotatable bonds is 3. The second-order valence-corrected chi connectivity index (χ2v) is 7.50. The molecule has 0 heterocycles. The predicted molar refractivity (Wildman–Crippen MR) is 80.0 cm³/mol. The van der Waals surface area contributed by atoms with Crippen molar-refractivity contribution in [3.8, 4) is 0 Å². The van der Waals surface area contributed by atoms with Crippen LogP contribution in [0.4, 0.5) is 5.69 Å². The molecule has 0 saturated heterocycles. The third-order valence-corrected chi connectivity index (χ3v) is 3.76. The zero-order valence-electron chi connectivity index (χ0n) is 9.71. The van der Waals surface area contributed by atoms with Gasteiger partial charge in [-0.15, -0.1) is 11.8 Å². The highest BCUT2D eigenvalue weighted by molar-refractivity contribution is 14.1. The van der Waals surface area contributed by atoms with Crippen molar-refractivity contribution in [3.63, 3.8) is 0 Å². The summed E-state index contributed by atoms with van der Waals surface area (Å²) in [5.41, 5.74) is 0.861. The first-order chi connectivity index (χ1) is 7.37. The Morgan fingerprint density at radius 2 is 1.88 bits per heavy atom. The topological polar surface area (TPSA) is 29.1 Å². The van der Waals surface area contributed by atoms with E-state index in [1.165, 1.54) is 3.57 Å². The van der Waals surface area contributed by atoms with Crippen molar-refractivity contribution in [2.45, 2.75) is 25.5 Å². The summed E-state index contributed by atoms with van der Waals surface area (Å²) in [5, 5.41) is 2.88. The van der Waals surface area contributed by atoms with Gasteiger partial charge in [0.2, 0.25) is 5.91 Å². The summed E-state index contributed by atoms with van der Waals surface area (Å²) in [7, 11) is 0. The zero-order valence-corrected chi connectivity index (χ0v) is 12.7. The summed E-state index contributed by atoms with van der Waals surface area (Å²) in [6.45, 7) is 6.32. The van der Waals surface area contributed by atoms with Gasteiger partial charge in [0.1, 0.15) is 0 Å². The van der Waals surface area contributed by atoms with Crippen molar-refractivity contribution in [2.24, 2.45) is 0 Å². The van der Waals surface area contributed by atoms with Gasteiger partial charge in [-0.2, -0.15) is 0 Å². The highest BCUT2D eigenvalue weighted by Gasteiger charge is 2.13. The van der Waals surface area contributed by atoms with Crippen molar-refractivity contribution in [1.82, 2.24) is 0 Å². The summed E-state index contributed by atoms with van der Waals surface area (Å²) in [6.07, 6.45) is 0. The van der Waals surface area contributed by atoms with Gasteiger partial charge in [-0.1, -0.05) is 20.8 Å². The molecule has 0 bridgehead atoms. The van der Waals surface area contributed by atoms with Crippen LogP contribution >= 0.6 is 34.4 Å². The molecule has 2 nitrogen and oxygen atoms in total. The molecule has 0 aliphatic carbocycles. The van der Waals surface area contributed by atoms with Crippen molar-refractivity contribution < 1.29 is 4.79 Å². The van der Waals surface area contributed by atoms with Gasteiger partial charge in [0.15, 0.2) is 0 Å². The number of nitrogens with one attached hydrogen (secondary N) is 1. The maximum atomic E-state index is 11.6. The molecule has 1 amide bonds. The maximum Gasteiger partial charge on any atom is 0.234 e. The maximum absolute atomic E-state index is 11.6. The number of thioether (sulfide) groups is 1. The lowest BCUT2D eigenvalue weighted by Gasteiger charge is -2.16. The molecule has 0 radical (unpaired) electrons. The summed E-state index contributed by atoms with van der Waals surface area (Å²) in [4.78, 5) is 11.6. The predicted octanol–water partition coefficient (Wildman–Crippen LogP) is 3.76. The van der Waals surface area contributed by atoms with Crippen LogP contribution < -0.4 is 5.32 Å². The van der Waals surface area contributed by atoms with E-state index < -0.39 is 0 Å². The molecular formula is C12H16INOS. The Morgan fingerprint density at radius 3 is 2.38 bits per heavy atom. The van der Waals surface area contributed by atoms with E-state index in [0.717, 1.165) is 5.69 Å². The van der Waals surface area contributed by atoms with Crippen LogP contribution in [0.3, 0.4) is 0 Å². The van der Waals surface area contributed by atoms with Gasteiger partial charge in [0.05, 0.1) is 5.75 Å². The lowest BCUT2D eigenvalue weighted by molar-refractivity contribution is -0.113. The standard InChI is InChI=1S/C12H16INOS/c1-12(2,3)16-8-11(15)14-10-6-4-9(13)5-7-10/h4-7H,8H2,1-3H3,(H,14,15). The normalized spacial score (nSPS) is 11.2. The van der Waals surface area contributed by atoms with Crippen LogP contribution in [0.2, 0.25) is 0 Å². The third kappa shape index (κ3) is 5.75. The van der Waals surface area contributed by atoms with Gasteiger partial charge in [-0.3, -0.25) is 4.79 Å². The minimum absolute atomic E-state index is 0.0566. The number of benzene rings is 1. The van der Waals surface area contributed by atoms with Crippen molar-refractivity contribution in [1.29, 1.82) is 0 Å². The van der Waals surface area contributed by atoms with E-state index in [-0.39, 0.29) is 10.7 Å². The molecule has 0 aliphatic rings. The van der Waals surface area contributed by atoms with E-state index in [2.05, 4.69) is 48.7 Å². The van der Waals surface area contributed by atoms with E-state index in [1.807, 2.05) is 24.3 Å². The quantitative estimate of drug-likeness (QED) is 0.842. The van der Waals surface area contributed by atoms with Gasteiger partial charge < -0.3 is 5.32 Å². The summed E-state index contributed by atoms with van der Waals surface area (Å²) in [6, 6.07) is 7.79. The first kappa shape index (κ1) is 13.8. The molecule has 0 fully saturated rings. The number of hydrogen-bond acceptors (Lipinski definition) is 2. The van der Waals surface area contributed by atoms with Crippen molar-refractivity contribution in [3.05, 3.63) is 27.8 Å². The molecule has 0 unspecified atom stereocenters. The number of amides is 1. The number of carbonyl (C=O) groups excluding carboxylic acids is 1. The molecule has 1 aromatic rings. The Morgan fingerprint density at radius 1 is 1.31 bits per heavy atom. The Kier molecular flexibility index (Phi) is 5.11. The number of halogens is 1. The van der Waals surface area contributed by atoms with Crippen LogP contribution in [0.5, 0.6) is 0 Å².